The summed E-state index contributed by atoms with van der Waals surface area (Å²) in [5.41, 5.74) is 2.38. The zero-order valence-corrected chi connectivity index (χ0v) is 12.3. The van der Waals surface area contributed by atoms with Gasteiger partial charge in [-0.1, -0.05) is 41.6 Å². The topological polar surface area (TPSA) is 63.3 Å². The molecule has 0 saturated heterocycles. The molecule has 3 rings (SSSR count). The first-order valence-corrected chi connectivity index (χ1v) is 7.50. The molecule has 0 spiro atoms. The number of carboxylic acids is 1. The van der Waals surface area contributed by atoms with E-state index < -0.39 is 5.97 Å². The lowest BCUT2D eigenvalue weighted by Gasteiger charge is -2.03. The average molecular weight is 320 g/mol. The molecule has 0 unspecified atom stereocenters. The zero-order chi connectivity index (χ0) is 14.8. The van der Waals surface area contributed by atoms with Gasteiger partial charge in [0.15, 0.2) is 5.58 Å². The number of carboxylic acid groups (broad SMARTS) is 1. The second-order valence-electron chi connectivity index (χ2n) is 4.34. The molecule has 2 aromatic carbocycles. The first kappa shape index (κ1) is 14.0. The van der Waals surface area contributed by atoms with Gasteiger partial charge in [0.25, 0.3) is 5.22 Å². The van der Waals surface area contributed by atoms with Crippen molar-refractivity contribution in [1.82, 2.24) is 4.98 Å². The zero-order valence-electron chi connectivity index (χ0n) is 10.7. The van der Waals surface area contributed by atoms with E-state index in [0.29, 0.717) is 32.7 Å². The third-order valence-electron chi connectivity index (χ3n) is 2.93. The van der Waals surface area contributed by atoms with Crippen LogP contribution in [0.25, 0.3) is 11.1 Å². The number of fused-ring (bicyclic) bond motifs is 1. The molecule has 0 fully saturated rings. The van der Waals surface area contributed by atoms with E-state index in [0.717, 1.165) is 5.56 Å². The van der Waals surface area contributed by atoms with Crippen LogP contribution in [-0.2, 0) is 5.75 Å². The molecule has 0 aliphatic rings. The summed E-state index contributed by atoms with van der Waals surface area (Å²) in [6.45, 7) is 0. The van der Waals surface area contributed by atoms with Gasteiger partial charge in [0.1, 0.15) is 5.52 Å². The fourth-order valence-corrected chi connectivity index (χ4v) is 2.94. The lowest BCUT2D eigenvalue weighted by molar-refractivity contribution is 0.0696. The van der Waals surface area contributed by atoms with Crippen molar-refractivity contribution in [1.29, 1.82) is 0 Å². The summed E-state index contributed by atoms with van der Waals surface area (Å²) in [7, 11) is 0. The second kappa shape index (κ2) is 5.79. The van der Waals surface area contributed by atoms with Crippen molar-refractivity contribution in [3.05, 3.63) is 58.6 Å². The fraction of sp³-hybridized carbons (Fsp3) is 0.0667. The van der Waals surface area contributed by atoms with Crippen LogP contribution < -0.4 is 0 Å². The normalized spacial score (nSPS) is 10.9. The van der Waals surface area contributed by atoms with Crippen LogP contribution in [0.1, 0.15) is 15.9 Å². The number of thioether (sulfide) groups is 1. The third kappa shape index (κ3) is 3.04. The number of rotatable bonds is 4. The van der Waals surface area contributed by atoms with Gasteiger partial charge < -0.3 is 9.52 Å². The van der Waals surface area contributed by atoms with Crippen molar-refractivity contribution in [3.63, 3.8) is 0 Å². The van der Waals surface area contributed by atoms with E-state index in [1.807, 2.05) is 6.07 Å². The maximum Gasteiger partial charge on any atom is 0.335 e. The highest BCUT2D eigenvalue weighted by molar-refractivity contribution is 7.98. The number of halogens is 1. The van der Waals surface area contributed by atoms with Crippen molar-refractivity contribution in [3.8, 4) is 0 Å². The Morgan fingerprint density at radius 1 is 1.29 bits per heavy atom. The monoisotopic (exact) mass is 319 g/mol. The van der Waals surface area contributed by atoms with Gasteiger partial charge in [-0.05, 0) is 29.8 Å². The predicted octanol–water partition coefficient (Wildman–Crippen LogP) is 4.47. The molecule has 0 aliphatic carbocycles. The molecule has 1 N–H and O–H groups in total. The van der Waals surface area contributed by atoms with Crippen LogP contribution in [0.5, 0.6) is 0 Å². The van der Waals surface area contributed by atoms with E-state index >= 15 is 0 Å². The van der Waals surface area contributed by atoms with Gasteiger partial charge in [-0.3, -0.25) is 0 Å². The molecule has 0 aliphatic heterocycles. The van der Waals surface area contributed by atoms with Crippen LogP contribution in [0, 0.1) is 0 Å². The molecule has 6 heteroatoms. The highest BCUT2D eigenvalue weighted by atomic mass is 35.5. The predicted molar refractivity (Wildman–Crippen MR) is 82.0 cm³/mol. The Kier molecular flexibility index (Phi) is 3.86. The average Bonchev–Trinajstić information content (AvgIpc) is 2.87. The molecular weight excluding hydrogens is 310 g/mol. The van der Waals surface area contributed by atoms with Crippen LogP contribution in [0.4, 0.5) is 0 Å². The summed E-state index contributed by atoms with van der Waals surface area (Å²) in [5.74, 6) is -0.459. The van der Waals surface area contributed by atoms with Crippen LogP contribution in [0.3, 0.4) is 0 Å². The number of hydrogen-bond donors (Lipinski definition) is 1. The maximum absolute atomic E-state index is 11.1. The molecule has 0 atom stereocenters. The SMILES string of the molecule is O=C(O)c1ccccc1CSc1nc2cc(Cl)ccc2o1. The Labute approximate surface area is 129 Å². The van der Waals surface area contributed by atoms with Gasteiger partial charge in [-0.25, -0.2) is 9.78 Å². The van der Waals surface area contributed by atoms with Crippen molar-refractivity contribution >= 4 is 40.4 Å². The van der Waals surface area contributed by atoms with Gasteiger partial charge in [0.05, 0.1) is 5.56 Å². The number of oxazole rings is 1. The molecule has 1 aromatic heterocycles. The summed E-state index contributed by atoms with van der Waals surface area (Å²) in [4.78, 5) is 15.5. The molecule has 4 nitrogen and oxygen atoms in total. The molecule has 106 valence electrons. The molecule has 0 radical (unpaired) electrons. The summed E-state index contributed by atoms with van der Waals surface area (Å²) >= 11 is 7.26. The molecule has 21 heavy (non-hydrogen) atoms. The Morgan fingerprint density at radius 3 is 2.90 bits per heavy atom. The summed E-state index contributed by atoms with van der Waals surface area (Å²) < 4.78 is 5.59. The maximum atomic E-state index is 11.1. The first-order chi connectivity index (χ1) is 10.1. The molecular formula is C15H10ClNO3S. The van der Waals surface area contributed by atoms with Crippen molar-refractivity contribution in [2.75, 3.05) is 0 Å². The number of hydrogen-bond acceptors (Lipinski definition) is 4. The number of aromatic carboxylic acids is 1. The molecule has 0 saturated carbocycles. The Bertz CT molecular complexity index is 816. The second-order valence-corrected chi connectivity index (χ2v) is 5.71. The van der Waals surface area contributed by atoms with E-state index in [-0.39, 0.29) is 0 Å². The van der Waals surface area contributed by atoms with Crippen molar-refractivity contribution in [2.24, 2.45) is 0 Å². The molecule has 1 heterocycles. The fourth-order valence-electron chi connectivity index (χ4n) is 1.94. The van der Waals surface area contributed by atoms with E-state index in [9.17, 15) is 4.79 Å². The smallest absolute Gasteiger partial charge is 0.335 e. The van der Waals surface area contributed by atoms with E-state index in [4.69, 9.17) is 21.1 Å². The van der Waals surface area contributed by atoms with Crippen molar-refractivity contribution in [2.45, 2.75) is 11.0 Å². The Hall–Kier alpha value is -1.98. The van der Waals surface area contributed by atoms with E-state index in [1.54, 1.807) is 36.4 Å². The van der Waals surface area contributed by atoms with Crippen LogP contribution in [0.15, 0.2) is 52.1 Å². The first-order valence-electron chi connectivity index (χ1n) is 6.13. The number of carbonyl (C=O) groups is 1. The van der Waals surface area contributed by atoms with Crippen LogP contribution in [-0.4, -0.2) is 16.1 Å². The highest BCUT2D eigenvalue weighted by Crippen LogP contribution is 2.28. The van der Waals surface area contributed by atoms with E-state index in [1.165, 1.54) is 11.8 Å². The molecule has 0 bridgehead atoms. The number of benzene rings is 2. The number of aromatic nitrogens is 1. The van der Waals surface area contributed by atoms with Gasteiger partial charge in [0.2, 0.25) is 0 Å². The van der Waals surface area contributed by atoms with Gasteiger partial charge >= 0.3 is 5.97 Å². The molecule has 0 amide bonds. The minimum absolute atomic E-state index is 0.296. The third-order valence-corrected chi connectivity index (χ3v) is 4.04. The van der Waals surface area contributed by atoms with Crippen LogP contribution in [0.2, 0.25) is 5.02 Å². The van der Waals surface area contributed by atoms with Gasteiger partial charge in [0, 0.05) is 10.8 Å². The standard InChI is InChI=1S/C15H10ClNO3S/c16-10-5-6-13-12(7-10)17-15(20-13)21-8-9-3-1-2-4-11(9)14(18)19/h1-7H,8H2,(H,18,19). The highest BCUT2D eigenvalue weighted by Gasteiger charge is 2.12. The Morgan fingerprint density at radius 2 is 2.10 bits per heavy atom. The summed E-state index contributed by atoms with van der Waals surface area (Å²) in [6, 6.07) is 12.1. The Balaban J connectivity index is 1.82. The van der Waals surface area contributed by atoms with Crippen molar-refractivity contribution < 1.29 is 14.3 Å². The lowest BCUT2D eigenvalue weighted by atomic mass is 10.1. The van der Waals surface area contributed by atoms with Crippen LogP contribution >= 0.6 is 23.4 Å². The van der Waals surface area contributed by atoms with Gasteiger partial charge in [-0.2, -0.15) is 0 Å². The minimum atomic E-state index is -0.935. The minimum Gasteiger partial charge on any atom is -0.478 e. The molecule has 3 aromatic rings. The quantitative estimate of drug-likeness (QED) is 0.719. The van der Waals surface area contributed by atoms with Gasteiger partial charge in [-0.15, -0.1) is 0 Å². The lowest BCUT2D eigenvalue weighted by Crippen LogP contribution is -2.00. The largest absolute Gasteiger partial charge is 0.478 e. The van der Waals surface area contributed by atoms with E-state index in [2.05, 4.69) is 4.98 Å². The number of nitrogens with zero attached hydrogens (tertiary/aromatic N) is 1. The summed E-state index contributed by atoms with van der Waals surface area (Å²) in [6.07, 6.45) is 0. The summed E-state index contributed by atoms with van der Waals surface area (Å²) in [5, 5.41) is 10.2.